The fourth-order valence-electron chi connectivity index (χ4n) is 4.39. The minimum atomic E-state index is -4.18. The highest BCUT2D eigenvalue weighted by Gasteiger charge is 2.33. The monoisotopic (exact) mass is 599 g/mol. The first-order chi connectivity index (χ1) is 19.7. The maximum atomic E-state index is 14.0. The van der Waals surface area contributed by atoms with Gasteiger partial charge in [0.25, 0.3) is 10.0 Å². The van der Waals surface area contributed by atoms with E-state index < -0.39 is 28.5 Å². The highest BCUT2D eigenvalue weighted by atomic mass is 35.5. The van der Waals surface area contributed by atoms with Gasteiger partial charge >= 0.3 is 0 Å². The summed E-state index contributed by atoms with van der Waals surface area (Å²) >= 11 is 6.19. The molecule has 0 unspecified atom stereocenters. The average molecular weight is 600 g/mol. The van der Waals surface area contributed by atoms with Crippen molar-refractivity contribution in [2.24, 2.45) is 0 Å². The van der Waals surface area contributed by atoms with Crippen LogP contribution in [0.25, 0.3) is 0 Å². The second-order valence-electron chi connectivity index (χ2n) is 9.62. The van der Waals surface area contributed by atoms with Gasteiger partial charge in [0, 0.05) is 24.2 Å². The molecule has 0 radical (unpaired) electrons. The third kappa shape index (κ3) is 7.51. The summed E-state index contributed by atoms with van der Waals surface area (Å²) in [5.74, 6) is -0.0135. The minimum absolute atomic E-state index is 0.0226. The quantitative estimate of drug-likeness (QED) is 0.304. The fraction of sp³-hybridized carbons (Fsp3) is 0.333. The molecule has 0 aliphatic carbocycles. The number of halogens is 1. The van der Waals surface area contributed by atoms with Crippen molar-refractivity contribution < 1.29 is 27.5 Å². The van der Waals surface area contributed by atoms with Crippen molar-refractivity contribution in [2.45, 2.75) is 44.2 Å². The lowest BCUT2D eigenvalue weighted by atomic mass is 10.1. The van der Waals surface area contributed by atoms with Gasteiger partial charge in [-0.3, -0.25) is 13.9 Å². The minimum Gasteiger partial charge on any atom is -0.486 e. The van der Waals surface area contributed by atoms with E-state index in [-0.39, 0.29) is 23.0 Å². The van der Waals surface area contributed by atoms with Gasteiger partial charge in [-0.1, -0.05) is 55.3 Å². The summed E-state index contributed by atoms with van der Waals surface area (Å²) in [5.41, 5.74) is 0.935. The number of carbonyl (C=O) groups is 2. The van der Waals surface area contributed by atoms with Crippen LogP contribution in [0.3, 0.4) is 0 Å². The molecule has 4 rings (SSSR count). The van der Waals surface area contributed by atoms with Crippen LogP contribution in [0.15, 0.2) is 77.7 Å². The topological polar surface area (TPSA) is 105 Å². The Kier molecular flexibility index (Phi) is 10.1. The molecular weight excluding hydrogens is 566 g/mol. The number of hydrogen-bond acceptors (Lipinski definition) is 6. The summed E-state index contributed by atoms with van der Waals surface area (Å²) in [6.45, 7) is 4.33. The first-order valence-corrected chi connectivity index (χ1v) is 15.3. The predicted octanol–water partition coefficient (Wildman–Crippen LogP) is 4.64. The lowest BCUT2D eigenvalue weighted by Gasteiger charge is -2.32. The van der Waals surface area contributed by atoms with Gasteiger partial charge in [-0.2, -0.15) is 0 Å². The summed E-state index contributed by atoms with van der Waals surface area (Å²) in [6.07, 6.45) is 1.70. The summed E-state index contributed by atoms with van der Waals surface area (Å²) in [6, 6.07) is 18.7. The standard InChI is InChI=1S/C30H34ClN3O6S/c1-3-4-15-32-30(36)22(2)33(20-23-9-8-10-24(31)18-23)29(35)21-34(41(37,38)26-11-6-5-7-12-26)25-13-14-27-28(19-25)40-17-16-39-27/h5-14,18-19,22H,3-4,15-17,20-21H2,1-2H3,(H,32,36)/t22-/m0/s1. The molecule has 0 fully saturated rings. The smallest absolute Gasteiger partial charge is 0.264 e. The molecule has 11 heteroatoms. The van der Waals surface area contributed by atoms with Crippen molar-refractivity contribution in [3.8, 4) is 11.5 Å². The maximum Gasteiger partial charge on any atom is 0.264 e. The average Bonchev–Trinajstić information content (AvgIpc) is 2.98. The van der Waals surface area contributed by atoms with Crippen molar-refractivity contribution in [2.75, 3.05) is 30.6 Å². The number of amides is 2. The first kappa shape index (κ1) is 30.2. The highest BCUT2D eigenvalue weighted by molar-refractivity contribution is 7.92. The van der Waals surface area contributed by atoms with Gasteiger partial charge in [0.1, 0.15) is 25.8 Å². The number of hydrogen-bond donors (Lipinski definition) is 1. The van der Waals surface area contributed by atoms with Gasteiger partial charge in [0.05, 0.1) is 10.6 Å². The molecule has 41 heavy (non-hydrogen) atoms. The van der Waals surface area contributed by atoms with Crippen LogP contribution in [-0.2, 0) is 26.2 Å². The maximum absolute atomic E-state index is 14.0. The second-order valence-corrected chi connectivity index (χ2v) is 11.9. The Morgan fingerprint density at radius 1 is 0.976 bits per heavy atom. The van der Waals surface area contributed by atoms with Crippen LogP contribution in [0, 0.1) is 0 Å². The molecule has 1 N–H and O–H groups in total. The number of nitrogens with zero attached hydrogens (tertiary/aromatic N) is 2. The van der Waals surface area contributed by atoms with Crippen LogP contribution in [0.2, 0.25) is 5.02 Å². The zero-order valence-electron chi connectivity index (χ0n) is 23.1. The molecule has 0 spiro atoms. The van der Waals surface area contributed by atoms with Crippen molar-refractivity contribution in [1.29, 1.82) is 0 Å². The Balaban J connectivity index is 1.71. The number of carbonyl (C=O) groups excluding carboxylic acids is 2. The molecule has 0 saturated carbocycles. The molecule has 9 nitrogen and oxygen atoms in total. The molecule has 1 atom stereocenters. The molecule has 3 aromatic rings. The van der Waals surface area contributed by atoms with E-state index in [9.17, 15) is 18.0 Å². The van der Waals surface area contributed by atoms with E-state index in [1.807, 2.05) is 6.92 Å². The van der Waals surface area contributed by atoms with E-state index in [0.29, 0.717) is 41.8 Å². The molecule has 1 aliphatic rings. The van der Waals surface area contributed by atoms with E-state index in [0.717, 1.165) is 17.1 Å². The largest absolute Gasteiger partial charge is 0.486 e. The fourth-order valence-corrected chi connectivity index (χ4v) is 6.03. The molecule has 0 aromatic heterocycles. The summed E-state index contributed by atoms with van der Waals surface area (Å²) in [7, 11) is -4.18. The molecule has 1 aliphatic heterocycles. The number of ether oxygens (including phenoxy) is 2. The molecule has 0 saturated heterocycles. The third-order valence-electron chi connectivity index (χ3n) is 6.66. The van der Waals surface area contributed by atoms with Crippen LogP contribution in [0.5, 0.6) is 11.5 Å². The molecule has 0 bridgehead atoms. The lowest BCUT2D eigenvalue weighted by Crippen LogP contribution is -2.51. The second kappa shape index (κ2) is 13.7. The van der Waals surface area contributed by atoms with E-state index in [1.54, 1.807) is 67.6 Å². The van der Waals surface area contributed by atoms with Crippen molar-refractivity contribution in [1.82, 2.24) is 10.2 Å². The van der Waals surface area contributed by atoms with Gasteiger partial charge in [-0.25, -0.2) is 8.42 Å². The van der Waals surface area contributed by atoms with Gasteiger partial charge in [0.15, 0.2) is 11.5 Å². The Labute approximate surface area is 246 Å². The normalized spacial score (nSPS) is 13.2. The summed E-state index contributed by atoms with van der Waals surface area (Å²) in [5, 5.41) is 3.36. The van der Waals surface area contributed by atoms with E-state index in [2.05, 4.69) is 5.32 Å². The van der Waals surface area contributed by atoms with Crippen LogP contribution >= 0.6 is 11.6 Å². The summed E-state index contributed by atoms with van der Waals surface area (Å²) < 4.78 is 40.2. The molecule has 3 aromatic carbocycles. The van der Waals surface area contributed by atoms with Crippen molar-refractivity contribution in [3.63, 3.8) is 0 Å². The molecule has 2 amide bonds. The summed E-state index contributed by atoms with van der Waals surface area (Å²) in [4.78, 5) is 28.5. The Hall–Kier alpha value is -3.76. The Morgan fingerprint density at radius 2 is 1.71 bits per heavy atom. The number of nitrogens with one attached hydrogen (secondary N) is 1. The third-order valence-corrected chi connectivity index (χ3v) is 8.69. The Morgan fingerprint density at radius 3 is 2.41 bits per heavy atom. The number of sulfonamides is 1. The zero-order chi connectivity index (χ0) is 29.4. The van der Waals surface area contributed by atoms with Crippen LogP contribution in [0.1, 0.15) is 32.3 Å². The zero-order valence-corrected chi connectivity index (χ0v) is 24.7. The van der Waals surface area contributed by atoms with Crippen molar-refractivity contribution >= 4 is 39.1 Å². The van der Waals surface area contributed by atoms with Gasteiger partial charge in [-0.05, 0) is 55.3 Å². The van der Waals surface area contributed by atoms with Crippen molar-refractivity contribution in [3.05, 3.63) is 83.4 Å². The van der Waals surface area contributed by atoms with Gasteiger partial charge in [-0.15, -0.1) is 0 Å². The van der Waals surface area contributed by atoms with Crippen LogP contribution < -0.4 is 19.1 Å². The SMILES string of the molecule is CCCCNC(=O)[C@H](C)N(Cc1cccc(Cl)c1)C(=O)CN(c1ccc2c(c1)OCCO2)S(=O)(=O)c1ccccc1. The highest BCUT2D eigenvalue weighted by Crippen LogP contribution is 2.36. The van der Waals surface area contributed by atoms with E-state index in [1.165, 1.54) is 17.0 Å². The first-order valence-electron chi connectivity index (χ1n) is 13.5. The Bertz CT molecular complexity index is 1470. The van der Waals surface area contributed by atoms with Crippen LogP contribution in [-0.4, -0.2) is 57.5 Å². The predicted molar refractivity (Wildman–Crippen MR) is 158 cm³/mol. The van der Waals surface area contributed by atoms with E-state index in [4.69, 9.17) is 21.1 Å². The molecule has 1 heterocycles. The molecular formula is C30H34ClN3O6S. The number of anilines is 1. The lowest BCUT2D eigenvalue weighted by molar-refractivity contribution is -0.139. The number of fused-ring (bicyclic) bond motifs is 1. The van der Waals surface area contributed by atoms with E-state index >= 15 is 0 Å². The van der Waals surface area contributed by atoms with Gasteiger partial charge in [0.2, 0.25) is 11.8 Å². The van der Waals surface area contributed by atoms with Crippen LogP contribution in [0.4, 0.5) is 5.69 Å². The van der Waals surface area contributed by atoms with Gasteiger partial charge < -0.3 is 19.7 Å². The number of benzene rings is 3. The molecule has 218 valence electrons. The number of rotatable bonds is 12. The number of unbranched alkanes of at least 4 members (excludes halogenated alkanes) is 1.